The molecule has 0 saturated carbocycles. The van der Waals surface area contributed by atoms with E-state index in [1.807, 2.05) is 0 Å². The molecule has 8 heteroatoms. The first-order chi connectivity index (χ1) is 10.3. The second kappa shape index (κ2) is 6.64. The summed E-state index contributed by atoms with van der Waals surface area (Å²) in [6.45, 7) is 3.54. The predicted octanol–water partition coefficient (Wildman–Crippen LogP) is 2.86. The average molecular weight is 385 g/mol. The van der Waals surface area contributed by atoms with E-state index in [1.54, 1.807) is 50.4 Å². The lowest BCUT2D eigenvalue weighted by molar-refractivity contribution is 0.570. The Morgan fingerprint density at radius 3 is 2.59 bits per heavy atom. The highest BCUT2D eigenvalue weighted by Crippen LogP contribution is 2.30. The van der Waals surface area contributed by atoms with Crippen LogP contribution in [-0.2, 0) is 10.0 Å². The summed E-state index contributed by atoms with van der Waals surface area (Å²) >= 11 is 3.36. The molecule has 0 aliphatic rings. The van der Waals surface area contributed by atoms with Gasteiger partial charge >= 0.3 is 0 Å². The zero-order chi connectivity index (χ0) is 16.3. The molecule has 0 saturated heterocycles. The van der Waals surface area contributed by atoms with Crippen LogP contribution in [0.2, 0.25) is 0 Å². The van der Waals surface area contributed by atoms with Gasteiger partial charge in [0.1, 0.15) is 10.7 Å². The fraction of sp³-hybridized carbons (Fsp3) is 0.214. The largest absolute Gasteiger partial charge is 0.384 e. The number of nitrogens with zero attached hydrogens (tertiary/aromatic N) is 1. The quantitative estimate of drug-likeness (QED) is 0.736. The third-order valence-electron chi connectivity index (χ3n) is 2.71. The number of aromatic nitrogens is 1. The van der Waals surface area contributed by atoms with E-state index in [9.17, 15) is 8.42 Å². The normalized spacial score (nSPS) is 11.6. The second-order valence-corrected chi connectivity index (χ2v) is 7.52. The average Bonchev–Trinajstić information content (AvgIpc) is 2.42. The first kappa shape index (κ1) is 16.7. The van der Waals surface area contributed by atoms with Gasteiger partial charge in [-0.2, -0.15) is 0 Å². The molecule has 2 aromatic rings. The molecule has 0 aliphatic carbocycles. The number of nitrogen functional groups attached to an aromatic ring is 1. The summed E-state index contributed by atoms with van der Waals surface area (Å²) in [5.41, 5.74) is 6.77. The van der Waals surface area contributed by atoms with Gasteiger partial charge in [-0.1, -0.05) is 12.1 Å². The van der Waals surface area contributed by atoms with Crippen LogP contribution in [0.1, 0.15) is 13.8 Å². The molecule has 2 rings (SSSR count). The van der Waals surface area contributed by atoms with Gasteiger partial charge in [0.25, 0.3) is 0 Å². The van der Waals surface area contributed by atoms with Crippen LogP contribution in [0.25, 0.3) is 0 Å². The summed E-state index contributed by atoms with van der Waals surface area (Å²) < 4.78 is 28.1. The van der Waals surface area contributed by atoms with E-state index in [4.69, 9.17) is 5.73 Å². The molecule has 0 bridgehead atoms. The molecule has 0 atom stereocenters. The van der Waals surface area contributed by atoms with E-state index in [2.05, 4.69) is 31.0 Å². The van der Waals surface area contributed by atoms with Crippen LogP contribution in [-0.4, -0.2) is 19.4 Å². The van der Waals surface area contributed by atoms with E-state index < -0.39 is 10.0 Å². The van der Waals surface area contributed by atoms with E-state index in [1.165, 1.54) is 0 Å². The zero-order valence-corrected chi connectivity index (χ0v) is 14.6. The smallest absolute Gasteiger partial charge is 0.242 e. The highest BCUT2D eigenvalue weighted by atomic mass is 79.9. The van der Waals surface area contributed by atoms with Crippen molar-refractivity contribution in [2.24, 2.45) is 0 Å². The summed E-state index contributed by atoms with van der Waals surface area (Å²) in [6, 6.07) is 8.11. The Hall–Kier alpha value is -1.64. The van der Waals surface area contributed by atoms with E-state index >= 15 is 0 Å². The number of rotatable bonds is 5. The molecule has 1 aromatic carbocycles. The molecule has 0 amide bonds. The van der Waals surface area contributed by atoms with Crippen molar-refractivity contribution in [3.8, 4) is 0 Å². The fourth-order valence-corrected chi connectivity index (χ4v) is 3.60. The van der Waals surface area contributed by atoms with Gasteiger partial charge in [-0.15, -0.1) is 0 Å². The van der Waals surface area contributed by atoms with Crippen molar-refractivity contribution in [3.05, 3.63) is 41.0 Å². The molecular weight excluding hydrogens is 368 g/mol. The Bertz CT molecular complexity index is 778. The van der Waals surface area contributed by atoms with Gasteiger partial charge in [-0.3, -0.25) is 0 Å². The molecule has 1 heterocycles. The van der Waals surface area contributed by atoms with Crippen LogP contribution in [0.4, 0.5) is 17.2 Å². The number of nitrogens with one attached hydrogen (secondary N) is 2. The number of hydrogen-bond acceptors (Lipinski definition) is 5. The standard InChI is InChI=1S/C14H17BrN4O2S/c1-9(2)19-22(20,21)13-6-4-3-5-11(13)18-12-7-14(16)17-8-10(12)15/h3-9,19H,1-2H3,(H3,16,17,18). The van der Waals surface area contributed by atoms with Gasteiger partial charge in [0.15, 0.2) is 0 Å². The van der Waals surface area contributed by atoms with Gasteiger partial charge in [0, 0.05) is 18.3 Å². The monoisotopic (exact) mass is 384 g/mol. The van der Waals surface area contributed by atoms with Gasteiger partial charge in [0.2, 0.25) is 10.0 Å². The molecule has 118 valence electrons. The van der Waals surface area contributed by atoms with E-state index in [0.717, 1.165) is 0 Å². The van der Waals surface area contributed by atoms with Crippen molar-refractivity contribution < 1.29 is 8.42 Å². The van der Waals surface area contributed by atoms with E-state index in [0.29, 0.717) is 21.7 Å². The maximum Gasteiger partial charge on any atom is 0.242 e. The lowest BCUT2D eigenvalue weighted by Crippen LogP contribution is -2.30. The Morgan fingerprint density at radius 2 is 1.91 bits per heavy atom. The number of pyridine rings is 1. The Morgan fingerprint density at radius 1 is 1.23 bits per heavy atom. The SMILES string of the molecule is CC(C)NS(=O)(=O)c1ccccc1Nc1cc(N)ncc1Br. The summed E-state index contributed by atoms with van der Waals surface area (Å²) in [5, 5.41) is 3.07. The number of anilines is 3. The van der Waals surface area contributed by atoms with Crippen LogP contribution >= 0.6 is 15.9 Å². The Kier molecular flexibility index (Phi) is 5.05. The molecule has 4 N–H and O–H groups in total. The van der Waals surface area contributed by atoms with Crippen molar-refractivity contribution in [1.29, 1.82) is 0 Å². The number of nitrogens with two attached hydrogens (primary N) is 1. The zero-order valence-electron chi connectivity index (χ0n) is 12.2. The second-order valence-electron chi connectivity index (χ2n) is 4.99. The van der Waals surface area contributed by atoms with E-state index in [-0.39, 0.29) is 10.9 Å². The maximum atomic E-state index is 12.4. The Labute approximate surface area is 138 Å². The molecular formula is C14H17BrN4O2S. The van der Waals surface area contributed by atoms with Gasteiger partial charge in [-0.05, 0) is 41.9 Å². The van der Waals surface area contributed by atoms with Crippen molar-refractivity contribution in [2.45, 2.75) is 24.8 Å². The molecule has 0 radical (unpaired) electrons. The molecule has 6 nitrogen and oxygen atoms in total. The summed E-state index contributed by atoms with van der Waals surface area (Å²) in [7, 11) is -3.61. The predicted molar refractivity (Wildman–Crippen MR) is 91.5 cm³/mol. The van der Waals surface area contributed by atoms with Gasteiger partial charge in [0.05, 0.1) is 15.8 Å². The van der Waals surface area contributed by atoms with Crippen LogP contribution in [0.15, 0.2) is 45.9 Å². The lowest BCUT2D eigenvalue weighted by atomic mass is 10.3. The number of hydrogen-bond donors (Lipinski definition) is 3. The third-order valence-corrected chi connectivity index (χ3v) is 5.06. The van der Waals surface area contributed by atoms with Crippen molar-refractivity contribution in [3.63, 3.8) is 0 Å². The molecule has 22 heavy (non-hydrogen) atoms. The van der Waals surface area contributed by atoms with Crippen LogP contribution in [0, 0.1) is 0 Å². The summed E-state index contributed by atoms with van der Waals surface area (Å²) in [5.74, 6) is 0.339. The Balaban J connectivity index is 2.43. The van der Waals surface area contributed by atoms with Crippen molar-refractivity contribution in [1.82, 2.24) is 9.71 Å². The molecule has 0 aliphatic heterocycles. The molecule has 0 fully saturated rings. The highest BCUT2D eigenvalue weighted by molar-refractivity contribution is 9.10. The topological polar surface area (TPSA) is 97.1 Å². The van der Waals surface area contributed by atoms with Crippen LogP contribution < -0.4 is 15.8 Å². The minimum atomic E-state index is -3.61. The first-order valence-corrected chi connectivity index (χ1v) is 8.86. The van der Waals surface area contributed by atoms with Gasteiger partial charge in [-0.25, -0.2) is 18.1 Å². The first-order valence-electron chi connectivity index (χ1n) is 6.59. The summed E-state index contributed by atoms with van der Waals surface area (Å²) in [4.78, 5) is 4.12. The number of benzene rings is 1. The minimum absolute atomic E-state index is 0.172. The summed E-state index contributed by atoms with van der Waals surface area (Å²) in [6.07, 6.45) is 1.56. The number of halogens is 1. The number of sulfonamides is 1. The van der Waals surface area contributed by atoms with Crippen LogP contribution in [0.3, 0.4) is 0 Å². The fourth-order valence-electron chi connectivity index (χ4n) is 1.87. The lowest BCUT2D eigenvalue weighted by Gasteiger charge is -2.15. The molecule has 0 spiro atoms. The van der Waals surface area contributed by atoms with Gasteiger partial charge < -0.3 is 11.1 Å². The number of para-hydroxylation sites is 1. The minimum Gasteiger partial charge on any atom is -0.384 e. The highest BCUT2D eigenvalue weighted by Gasteiger charge is 2.19. The van der Waals surface area contributed by atoms with Crippen molar-refractivity contribution in [2.75, 3.05) is 11.1 Å². The van der Waals surface area contributed by atoms with Crippen LogP contribution in [0.5, 0.6) is 0 Å². The molecule has 0 unspecified atom stereocenters. The third kappa shape index (κ3) is 3.96. The maximum absolute atomic E-state index is 12.4. The molecule has 1 aromatic heterocycles. The van der Waals surface area contributed by atoms with Crippen molar-refractivity contribution >= 4 is 43.1 Å².